The van der Waals surface area contributed by atoms with Crippen LogP contribution in [0, 0.1) is 6.92 Å². The minimum absolute atomic E-state index is 0.0150. The third-order valence-corrected chi connectivity index (χ3v) is 4.81. The van der Waals surface area contributed by atoms with Crippen LogP contribution in [0.5, 0.6) is 0 Å². The Morgan fingerprint density at radius 1 is 1.35 bits per heavy atom. The topological polar surface area (TPSA) is 55.2 Å². The van der Waals surface area contributed by atoms with Crippen LogP contribution in [0.1, 0.15) is 24.8 Å². The van der Waals surface area contributed by atoms with Crippen LogP contribution in [0.2, 0.25) is 0 Å². The fraction of sp³-hybridized carbons (Fsp3) is 0.500. The molecule has 0 aromatic carbocycles. The predicted molar refractivity (Wildman–Crippen MR) is 79.0 cm³/mol. The SMILES string of the molecule is Cc1csc2c(=O)n(CC(=O)N3CCCCC3)cnc12. The van der Waals surface area contributed by atoms with Crippen LogP contribution in [0.15, 0.2) is 16.5 Å². The van der Waals surface area contributed by atoms with Gasteiger partial charge in [0.25, 0.3) is 5.56 Å². The summed E-state index contributed by atoms with van der Waals surface area (Å²) in [6, 6.07) is 0. The molecule has 0 radical (unpaired) electrons. The Morgan fingerprint density at radius 2 is 2.10 bits per heavy atom. The Balaban J connectivity index is 1.85. The van der Waals surface area contributed by atoms with Gasteiger partial charge in [-0.25, -0.2) is 4.98 Å². The van der Waals surface area contributed by atoms with Crippen molar-refractivity contribution in [3.8, 4) is 0 Å². The van der Waals surface area contributed by atoms with E-state index in [9.17, 15) is 9.59 Å². The van der Waals surface area contributed by atoms with Crippen LogP contribution < -0.4 is 5.56 Å². The molecule has 0 aliphatic carbocycles. The number of aryl methyl sites for hydroxylation is 1. The molecule has 2 aromatic rings. The minimum atomic E-state index is -0.113. The molecule has 2 aromatic heterocycles. The predicted octanol–water partition coefficient (Wildman–Crippen LogP) is 1.78. The van der Waals surface area contributed by atoms with Gasteiger partial charge in [-0.05, 0) is 37.1 Å². The number of fused-ring (bicyclic) bond motifs is 1. The molecule has 1 amide bonds. The monoisotopic (exact) mass is 291 g/mol. The number of carbonyl (C=O) groups is 1. The molecule has 1 fully saturated rings. The highest BCUT2D eigenvalue weighted by atomic mass is 32.1. The number of carbonyl (C=O) groups excluding carboxylic acids is 1. The molecule has 3 heterocycles. The lowest BCUT2D eigenvalue weighted by molar-refractivity contribution is -0.132. The van der Waals surface area contributed by atoms with E-state index in [4.69, 9.17) is 0 Å². The number of rotatable bonds is 2. The van der Waals surface area contributed by atoms with E-state index in [0.29, 0.717) is 4.70 Å². The summed E-state index contributed by atoms with van der Waals surface area (Å²) in [6.07, 6.45) is 4.79. The lowest BCUT2D eigenvalue weighted by Crippen LogP contribution is -2.39. The summed E-state index contributed by atoms with van der Waals surface area (Å²) >= 11 is 1.40. The summed E-state index contributed by atoms with van der Waals surface area (Å²) in [7, 11) is 0. The molecule has 3 rings (SSSR count). The van der Waals surface area contributed by atoms with E-state index in [2.05, 4.69) is 4.98 Å². The molecule has 6 heteroatoms. The molecule has 1 saturated heterocycles. The van der Waals surface area contributed by atoms with E-state index in [-0.39, 0.29) is 18.0 Å². The summed E-state index contributed by atoms with van der Waals surface area (Å²) in [5.41, 5.74) is 1.65. The highest BCUT2D eigenvalue weighted by Crippen LogP contribution is 2.19. The number of amides is 1. The van der Waals surface area contributed by atoms with Crippen LogP contribution in [-0.4, -0.2) is 33.4 Å². The van der Waals surface area contributed by atoms with Crippen molar-refractivity contribution in [2.24, 2.45) is 0 Å². The Hall–Kier alpha value is -1.69. The van der Waals surface area contributed by atoms with Gasteiger partial charge in [0.2, 0.25) is 5.91 Å². The Labute approximate surface area is 120 Å². The van der Waals surface area contributed by atoms with E-state index in [1.54, 1.807) is 0 Å². The molecule has 0 atom stereocenters. The first-order valence-electron chi connectivity index (χ1n) is 6.88. The Bertz CT molecular complexity index is 698. The van der Waals surface area contributed by atoms with Crippen LogP contribution in [-0.2, 0) is 11.3 Å². The lowest BCUT2D eigenvalue weighted by atomic mass is 10.1. The van der Waals surface area contributed by atoms with E-state index < -0.39 is 0 Å². The highest BCUT2D eigenvalue weighted by molar-refractivity contribution is 7.17. The molecular weight excluding hydrogens is 274 g/mol. The maximum Gasteiger partial charge on any atom is 0.271 e. The standard InChI is InChI=1S/C14H17N3O2S/c1-10-8-20-13-12(10)15-9-17(14(13)19)7-11(18)16-5-3-2-4-6-16/h8-9H,2-7H2,1H3. The zero-order chi connectivity index (χ0) is 14.1. The highest BCUT2D eigenvalue weighted by Gasteiger charge is 2.18. The number of nitrogens with zero attached hydrogens (tertiary/aromatic N) is 3. The Kier molecular flexibility index (Phi) is 3.56. The minimum Gasteiger partial charge on any atom is -0.341 e. The van der Waals surface area contributed by atoms with Crippen molar-refractivity contribution in [1.82, 2.24) is 14.5 Å². The lowest BCUT2D eigenvalue weighted by Gasteiger charge is -2.26. The zero-order valence-corrected chi connectivity index (χ0v) is 12.3. The Morgan fingerprint density at radius 3 is 2.85 bits per heavy atom. The van der Waals surface area contributed by atoms with Crippen molar-refractivity contribution in [3.63, 3.8) is 0 Å². The van der Waals surface area contributed by atoms with Crippen molar-refractivity contribution < 1.29 is 4.79 Å². The molecular formula is C14H17N3O2S. The van der Waals surface area contributed by atoms with Gasteiger partial charge in [-0.2, -0.15) is 0 Å². The maximum atomic E-state index is 12.3. The third-order valence-electron chi connectivity index (χ3n) is 3.74. The summed E-state index contributed by atoms with van der Waals surface area (Å²) in [6.45, 7) is 3.65. The van der Waals surface area contributed by atoms with E-state index in [0.717, 1.165) is 37.0 Å². The number of hydrogen-bond donors (Lipinski definition) is 0. The maximum absolute atomic E-state index is 12.3. The molecule has 0 unspecified atom stereocenters. The van der Waals surface area contributed by atoms with E-state index in [1.165, 1.54) is 28.7 Å². The number of aromatic nitrogens is 2. The fourth-order valence-corrected chi connectivity index (χ4v) is 3.51. The van der Waals surface area contributed by atoms with Crippen molar-refractivity contribution in [2.75, 3.05) is 13.1 Å². The normalized spacial score (nSPS) is 15.8. The van der Waals surface area contributed by atoms with Crippen LogP contribution in [0.3, 0.4) is 0 Å². The first kappa shape index (κ1) is 13.3. The van der Waals surface area contributed by atoms with Crippen molar-refractivity contribution in [2.45, 2.75) is 32.7 Å². The molecule has 0 saturated carbocycles. The van der Waals surface area contributed by atoms with Gasteiger partial charge in [0, 0.05) is 13.1 Å². The summed E-state index contributed by atoms with van der Waals surface area (Å²) in [4.78, 5) is 30.7. The number of likely N-dealkylation sites (tertiary alicyclic amines) is 1. The molecule has 106 valence electrons. The van der Waals surface area contributed by atoms with Gasteiger partial charge in [-0.15, -0.1) is 11.3 Å². The molecule has 5 nitrogen and oxygen atoms in total. The van der Waals surface area contributed by atoms with Crippen LogP contribution in [0.4, 0.5) is 0 Å². The van der Waals surface area contributed by atoms with Gasteiger partial charge in [-0.1, -0.05) is 0 Å². The van der Waals surface area contributed by atoms with Gasteiger partial charge in [0.1, 0.15) is 11.2 Å². The second-order valence-corrected chi connectivity index (χ2v) is 6.10. The molecule has 20 heavy (non-hydrogen) atoms. The summed E-state index contributed by atoms with van der Waals surface area (Å²) < 4.78 is 2.06. The number of thiophene rings is 1. The van der Waals surface area contributed by atoms with Crippen molar-refractivity contribution in [3.05, 3.63) is 27.6 Å². The van der Waals surface area contributed by atoms with Gasteiger partial charge in [0.05, 0.1) is 11.8 Å². The molecule has 0 N–H and O–H groups in total. The average molecular weight is 291 g/mol. The molecule has 0 spiro atoms. The quantitative estimate of drug-likeness (QED) is 0.847. The average Bonchev–Trinajstić information content (AvgIpc) is 2.85. The van der Waals surface area contributed by atoms with Crippen molar-refractivity contribution >= 4 is 27.5 Å². The molecule has 0 bridgehead atoms. The van der Waals surface area contributed by atoms with Gasteiger partial charge in [0.15, 0.2) is 0 Å². The van der Waals surface area contributed by atoms with Gasteiger partial charge < -0.3 is 4.90 Å². The smallest absolute Gasteiger partial charge is 0.271 e. The van der Waals surface area contributed by atoms with E-state index in [1.807, 2.05) is 17.2 Å². The number of hydrogen-bond acceptors (Lipinski definition) is 4. The molecule has 1 aliphatic heterocycles. The first-order valence-corrected chi connectivity index (χ1v) is 7.76. The van der Waals surface area contributed by atoms with Crippen LogP contribution in [0.25, 0.3) is 10.2 Å². The van der Waals surface area contributed by atoms with E-state index >= 15 is 0 Å². The van der Waals surface area contributed by atoms with Crippen LogP contribution >= 0.6 is 11.3 Å². The fourth-order valence-electron chi connectivity index (χ4n) is 2.56. The summed E-state index contributed by atoms with van der Waals surface area (Å²) in [5, 5.41) is 1.93. The second kappa shape index (κ2) is 5.36. The first-order chi connectivity index (χ1) is 9.66. The summed E-state index contributed by atoms with van der Waals surface area (Å²) in [5.74, 6) is 0.0150. The largest absolute Gasteiger partial charge is 0.341 e. The van der Waals surface area contributed by atoms with Gasteiger partial charge >= 0.3 is 0 Å². The number of piperidine rings is 1. The van der Waals surface area contributed by atoms with Gasteiger partial charge in [-0.3, -0.25) is 14.2 Å². The second-order valence-electron chi connectivity index (χ2n) is 5.22. The third kappa shape index (κ3) is 2.35. The van der Waals surface area contributed by atoms with Crippen molar-refractivity contribution in [1.29, 1.82) is 0 Å². The molecule has 1 aliphatic rings. The zero-order valence-electron chi connectivity index (χ0n) is 11.5.